The minimum absolute atomic E-state index is 0.362. The van der Waals surface area contributed by atoms with Crippen molar-refractivity contribution < 1.29 is 19.2 Å². The molecular weight excluding hydrogens is 281 g/mol. The lowest BCUT2D eigenvalue weighted by molar-refractivity contribution is 0.00578. The molecule has 1 N–H and O–H groups in total. The van der Waals surface area contributed by atoms with Crippen molar-refractivity contribution in [1.29, 1.82) is 0 Å². The van der Waals surface area contributed by atoms with Crippen LogP contribution in [0.3, 0.4) is 0 Å². The van der Waals surface area contributed by atoms with Gasteiger partial charge in [-0.15, -0.1) is 0 Å². The minimum Gasteiger partial charge on any atom is -0.478 e. The van der Waals surface area contributed by atoms with E-state index < -0.39 is 12.7 Å². The summed E-state index contributed by atoms with van der Waals surface area (Å²) in [5, 5.41) is 9.65. The van der Waals surface area contributed by atoms with Crippen molar-refractivity contribution in [3.63, 3.8) is 0 Å². The van der Waals surface area contributed by atoms with E-state index in [9.17, 15) is 5.11 Å². The zero-order valence-corrected chi connectivity index (χ0v) is 14.3. The van der Waals surface area contributed by atoms with Gasteiger partial charge >= 0.3 is 7.12 Å². The van der Waals surface area contributed by atoms with Crippen molar-refractivity contribution in [3.8, 4) is 5.88 Å². The van der Waals surface area contributed by atoms with Crippen molar-refractivity contribution in [3.05, 3.63) is 18.3 Å². The van der Waals surface area contributed by atoms with Crippen LogP contribution >= 0.6 is 0 Å². The number of ether oxygens (including phenoxy) is 1. The van der Waals surface area contributed by atoms with Gasteiger partial charge in [-0.2, -0.15) is 0 Å². The Morgan fingerprint density at radius 1 is 1.18 bits per heavy atom. The van der Waals surface area contributed by atoms with E-state index in [2.05, 4.69) is 4.98 Å². The Hall–Kier alpha value is -1.11. The van der Waals surface area contributed by atoms with E-state index in [0.29, 0.717) is 18.9 Å². The van der Waals surface area contributed by atoms with Gasteiger partial charge in [-0.25, -0.2) is 4.98 Å². The monoisotopic (exact) mass is 307 g/mol. The normalized spacial score (nSPS) is 20.2. The van der Waals surface area contributed by atoms with Gasteiger partial charge in [-0.1, -0.05) is 6.07 Å². The molecule has 6 heteroatoms. The molecule has 2 heterocycles. The van der Waals surface area contributed by atoms with Gasteiger partial charge in [0.05, 0.1) is 23.4 Å². The largest absolute Gasteiger partial charge is 0.496 e. The van der Waals surface area contributed by atoms with E-state index in [1.165, 1.54) is 0 Å². The van der Waals surface area contributed by atoms with Gasteiger partial charge in [0.1, 0.15) is 0 Å². The van der Waals surface area contributed by atoms with Crippen molar-refractivity contribution in [2.45, 2.75) is 64.8 Å². The van der Waals surface area contributed by atoms with Crippen LogP contribution in [-0.2, 0) is 9.31 Å². The molecule has 0 radical (unpaired) electrons. The molecule has 0 atom stereocenters. The number of hydrogen-bond acceptors (Lipinski definition) is 5. The highest BCUT2D eigenvalue weighted by Crippen LogP contribution is 2.36. The molecule has 22 heavy (non-hydrogen) atoms. The van der Waals surface area contributed by atoms with E-state index in [-0.39, 0.29) is 11.2 Å². The Labute approximate surface area is 133 Å². The van der Waals surface area contributed by atoms with Gasteiger partial charge in [0.2, 0.25) is 5.88 Å². The zero-order valence-electron chi connectivity index (χ0n) is 14.3. The van der Waals surface area contributed by atoms with E-state index in [4.69, 9.17) is 14.0 Å². The van der Waals surface area contributed by atoms with Gasteiger partial charge < -0.3 is 19.2 Å². The summed E-state index contributed by atoms with van der Waals surface area (Å²) in [4.78, 5) is 4.27. The molecule has 1 aliphatic rings. The molecule has 2 rings (SSSR count). The SMILES string of the molecule is CC(C)(O)CCOc1ccc(B2OC(C)(C)C(C)(C)O2)cn1. The molecule has 0 aliphatic carbocycles. The first-order valence-corrected chi connectivity index (χ1v) is 7.67. The third kappa shape index (κ3) is 4.00. The lowest BCUT2D eigenvalue weighted by atomic mass is 9.80. The third-order valence-electron chi connectivity index (χ3n) is 4.25. The van der Waals surface area contributed by atoms with E-state index >= 15 is 0 Å². The summed E-state index contributed by atoms with van der Waals surface area (Å²) in [5.74, 6) is 0.532. The quantitative estimate of drug-likeness (QED) is 0.842. The summed E-state index contributed by atoms with van der Waals surface area (Å²) < 4.78 is 17.5. The van der Waals surface area contributed by atoms with Gasteiger partial charge in [0.15, 0.2) is 0 Å². The molecule has 1 saturated heterocycles. The van der Waals surface area contributed by atoms with E-state index in [1.807, 2.05) is 33.8 Å². The Morgan fingerprint density at radius 2 is 1.77 bits per heavy atom. The van der Waals surface area contributed by atoms with Crippen LogP contribution in [0, 0.1) is 0 Å². The molecule has 1 aliphatic heterocycles. The molecule has 0 unspecified atom stereocenters. The standard InChI is InChI=1S/C16H26BNO4/c1-14(2,19)9-10-20-13-8-7-12(11-18-13)17-21-15(3,4)16(5,6)22-17/h7-8,11,19H,9-10H2,1-6H3. The predicted molar refractivity (Wildman–Crippen MR) is 86.4 cm³/mol. The molecule has 5 nitrogen and oxygen atoms in total. The Kier molecular flexibility index (Phi) is 4.57. The number of rotatable bonds is 5. The van der Waals surface area contributed by atoms with Crippen molar-refractivity contribution in [1.82, 2.24) is 4.98 Å². The van der Waals surface area contributed by atoms with Crippen molar-refractivity contribution in [2.75, 3.05) is 6.61 Å². The maximum Gasteiger partial charge on any atom is 0.496 e. The zero-order chi connectivity index (χ0) is 16.6. The van der Waals surface area contributed by atoms with Gasteiger partial charge in [-0.05, 0) is 47.6 Å². The first-order chi connectivity index (χ1) is 10.0. The van der Waals surface area contributed by atoms with Gasteiger partial charge in [0, 0.05) is 18.1 Å². The molecule has 0 spiro atoms. The summed E-state index contributed by atoms with van der Waals surface area (Å²) in [6.07, 6.45) is 2.26. The molecule has 1 aromatic rings. The summed E-state index contributed by atoms with van der Waals surface area (Å²) in [7, 11) is -0.414. The van der Waals surface area contributed by atoms with Crippen molar-refractivity contribution in [2.24, 2.45) is 0 Å². The molecule has 122 valence electrons. The Balaban J connectivity index is 1.96. The molecular formula is C16H26BNO4. The average Bonchev–Trinajstić information content (AvgIpc) is 2.58. The first-order valence-electron chi connectivity index (χ1n) is 7.67. The topological polar surface area (TPSA) is 60.8 Å². The Bertz CT molecular complexity index is 492. The van der Waals surface area contributed by atoms with Crippen LogP contribution in [-0.4, -0.2) is 40.6 Å². The van der Waals surface area contributed by atoms with Gasteiger partial charge in [-0.3, -0.25) is 0 Å². The Morgan fingerprint density at radius 3 is 2.23 bits per heavy atom. The van der Waals surface area contributed by atoms with Crippen LogP contribution in [0.4, 0.5) is 0 Å². The molecule has 0 aromatic carbocycles. The summed E-state index contributed by atoms with van der Waals surface area (Å²) in [6, 6.07) is 3.69. The average molecular weight is 307 g/mol. The third-order valence-corrected chi connectivity index (χ3v) is 4.25. The number of pyridine rings is 1. The highest BCUT2D eigenvalue weighted by Gasteiger charge is 2.51. The smallest absolute Gasteiger partial charge is 0.478 e. The summed E-state index contributed by atoms with van der Waals surface area (Å²) in [6.45, 7) is 12.0. The molecule has 0 bridgehead atoms. The lowest BCUT2D eigenvalue weighted by Gasteiger charge is -2.32. The first kappa shape index (κ1) is 17.3. The number of hydrogen-bond donors (Lipinski definition) is 1. The number of nitrogens with zero attached hydrogens (tertiary/aromatic N) is 1. The van der Waals surface area contributed by atoms with Crippen LogP contribution in [0.1, 0.15) is 48.0 Å². The summed E-state index contributed by atoms with van der Waals surface area (Å²) >= 11 is 0. The summed E-state index contributed by atoms with van der Waals surface area (Å²) in [5.41, 5.74) is -0.588. The fraction of sp³-hybridized carbons (Fsp3) is 0.688. The van der Waals surface area contributed by atoms with Gasteiger partial charge in [0.25, 0.3) is 0 Å². The van der Waals surface area contributed by atoms with E-state index in [0.717, 1.165) is 5.46 Å². The second kappa shape index (κ2) is 5.83. The van der Waals surface area contributed by atoms with Crippen LogP contribution in [0.15, 0.2) is 18.3 Å². The highest BCUT2D eigenvalue weighted by atomic mass is 16.7. The van der Waals surface area contributed by atoms with E-state index in [1.54, 1.807) is 26.1 Å². The van der Waals surface area contributed by atoms with Crippen molar-refractivity contribution >= 4 is 12.6 Å². The fourth-order valence-electron chi connectivity index (χ4n) is 2.00. The van der Waals surface area contributed by atoms with Crippen LogP contribution in [0.2, 0.25) is 0 Å². The van der Waals surface area contributed by atoms with Crippen LogP contribution in [0.25, 0.3) is 0 Å². The molecule has 0 amide bonds. The molecule has 1 aromatic heterocycles. The van der Waals surface area contributed by atoms with Crippen LogP contribution < -0.4 is 10.2 Å². The molecule has 1 fully saturated rings. The second-order valence-electron chi connectivity index (χ2n) is 7.43. The number of aliphatic hydroxyl groups is 1. The highest BCUT2D eigenvalue weighted by molar-refractivity contribution is 6.62. The maximum absolute atomic E-state index is 9.65. The molecule has 0 saturated carbocycles. The number of aromatic nitrogens is 1. The lowest BCUT2D eigenvalue weighted by Crippen LogP contribution is -2.41. The predicted octanol–water partition coefficient (Wildman–Crippen LogP) is 1.92. The second-order valence-corrected chi connectivity index (χ2v) is 7.43. The van der Waals surface area contributed by atoms with Crippen LogP contribution in [0.5, 0.6) is 5.88 Å². The minimum atomic E-state index is -0.733. The fourth-order valence-corrected chi connectivity index (χ4v) is 2.00. The maximum atomic E-state index is 9.65.